The Balaban J connectivity index is 2.23. The first-order valence-electron chi connectivity index (χ1n) is 5.14. The molecule has 3 N–H and O–H groups in total. The lowest BCUT2D eigenvalue weighted by Gasteiger charge is -2.02. The second-order valence-electron chi connectivity index (χ2n) is 3.45. The number of fused-ring (bicyclic) bond motifs is 1. The first-order chi connectivity index (χ1) is 8.24. The standard InChI is InChI=1S/C11H13N3OS2/c1-16-6-5-13-10(15)9-8(12)7-3-2-4-14-11(7)17-9/h2-4H,5-6,12H2,1H3,(H,13,15). The molecule has 90 valence electrons. The van der Waals surface area contributed by atoms with E-state index in [1.807, 2.05) is 18.4 Å². The van der Waals surface area contributed by atoms with Gasteiger partial charge in [0.1, 0.15) is 9.71 Å². The Labute approximate surface area is 108 Å². The molecule has 2 aromatic rings. The number of hydrogen-bond donors (Lipinski definition) is 2. The fourth-order valence-corrected chi connectivity index (χ4v) is 2.75. The van der Waals surface area contributed by atoms with E-state index >= 15 is 0 Å². The third-order valence-electron chi connectivity index (χ3n) is 2.30. The molecule has 0 aliphatic carbocycles. The topological polar surface area (TPSA) is 68.0 Å². The lowest BCUT2D eigenvalue weighted by molar-refractivity contribution is 0.0961. The van der Waals surface area contributed by atoms with Crippen LogP contribution < -0.4 is 11.1 Å². The fourth-order valence-electron chi connectivity index (χ4n) is 1.47. The van der Waals surface area contributed by atoms with E-state index in [-0.39, 0.29) is 5.91 Å². The summed E-state index contributed by atoms with van der Waals surface area (Å²) in [4.78, 5) is 17.4. The first-order valence-corrected chi connectivity index (χ1v) is 7.35. The lowest BCUT2D eigenvalue weighted by atomic mass is 10.2. The number of aromatic nitrogens is 1. The zero-order chi connectivity index (χ0) is 12.3. The van der Waals surface area contributed by atoms with Gasteiger partial charge >= 0.3 is 0 Å². The van der Waals surface area contributed by atoms with Crippen LogP contribution in [0.15, 0.2) is 18.3 Å². The number of anilines is 1. The molecule has 0 aliphatic rings. The van der Waals surface area contributed by atoms with Crippen LogP contribution in [0.1, 0.15) is 9.67 Å². The number of amides is 1. The smallest absolute Gasteiger partial charge is 0.263 e. The molecule has 0 atom stereocenters. The van der Waals surface area contributed by atoms with Crippen LogP contribution >= 0.6 is 23.1 Å². The normalized spacial score (nSPS) is 10.6. The first kappa shape index (κ1) is 12.2. The Kier molecular flexibility index (Phi) is 3.86. The zero-order valence-corrected chi connectivity index (χ0v) is 11.0. The van der Waals surface area contributed by atoms with Gasteiger partial charge in [0.2, 0.25) is 0 Å². The monoisotopic (exact) mass is 267 g/mol. The maximum atomic E-state index is 11.9. The van der Waals surface area contributed by atoms with Crippen LogP contribution in [0, 0.1) is 0 Å². The van der Waals surface area contributed by atoms with Crippen molar-refractivity contribution in [3.63, 3.8) is 0 Å². The molecule has 2 rings (SSSR count). The molecule has 0 unspecified atom stereocenters. The maximum Gasteiger partial charge on any atom is 0.263 e. The third kappa shape index (κ3) is 2.53. The highest BCUT2D eigenvalue weighted by atomic mass is 32.2. The van der Waals surface area contributed by atoms with Crippen molar-refractivity contribution in [2.75, 3.05) is 24.3 Å². The molecule has 2 heterocycles. The molecule has 0 bridgehead atoms. The number of hydrogen-bond acceptors (Lipinski definition) is 5. The summed E-state index contributed by atoms with van der Waals surface area (Å²) in [5, 5.41) is 3.70. The molecule has 0 radical (unpaired) electrons. The van der Waals surface area contributed by atoms with E-state index in [4.69, 9.17) is 5.73 Å². The Hall–Kier alpha value is -1.27. The Morgan fingerprint density at radius 3 is 3.18 bits per heavy atom. The molecule has 6 heteroatoms. The van der Waals surface area contributed by atoms with Crippen LogP contribution in [-0.4, -0.2) is 29.4 Å². The van der Waals surface area contributed by atoms with Crippen LogP contribution in [0.25, 0.3) is 10.2 Å². The van der Waals surface area contributed by atoms with Crippen molar-refractivity contribution >= 4 is 44.9 Å². The summed E-state index contributed by atoms with van der Waals surface area (Å²) >= 11 is 3.03. The largest absolute Gasteiger partial charge is 0.397 e. The van der Waals surface area contributed by atoms with E-state index in [1.54, 1.807) is 18.0 Å². The van der Waals surface area contributed by atoms with Crippen molar-refractivity contribution in [2.45, 2.75) is 0 Å². The lowest BCUT2D eigenvalue weighted by Crippen LogP contribution is -2.25. The Bertz CT molecular complexity index is 538. The highest BCUT2D eigenvalue weighted by Gasteiger charge is 2.15. The van der Waals surface area contributed by atoms with E-state index < -0.39 is 0 Å². The summed E-state index contributed by atoms with van der Waals surface area (Å²) in [6.45, 7) is 0.654. The predicted molar refractivity (Wildman–Crippen MR) is 74.7 cm³/mol. The number of nitrogens with one attached hydrogen (secondary N) is 1. The summed E-state index contributed by atoms with van der Waals surface area (Å²) in [5.41, 5.74) is 6.48. The molecular weight excluding hydrogens is 254 g/mol. The van der Waals surface area contributed by atoms with Crippen molar-refractivity contribution < 1.29 is 4.79 Å². The summed E-state index contributed by atoms with van der Waals surface area (Å²) in [6.07, 6.45) is 3.71. The molecular formula is C11H13N3OS2. The van der Waals surface area contributed by atoms with Gasteiger partial charge in [0.15, 0.2) is 0 Å². The van der Waals surface area contributed by atoms with Gasteiger partial charge < -0.3 is 11.1 Å². The predicted octanol–water partition coefficient (Wildman–Crippen LogP) is 1.97. The highest BCUT2D eigenvalue weighted by molar-refractivity contribution is 7.98. The van der Waals surface area contributed by atoms with Crippen molar-refractivity contribution in [3.05, 3.63) is 23.2 Å². The van der Waals surface area contributed by atoms with Gasteiger partial charge in [0.25, 0.3) is 5.91 Å². The number of thioether (sulfide) groups is 1. The summed E-state index contributed by atoms with van der Waals surface area (Å²) in [7, 11) is 0. The van der Waals surface area contributed by atoms with Crippen molar-refractivity contribution in [2.24, 2.45) is 0 Å². The van der Waals surface area contributed by atoms with Crippen molar-refractivity contribution in [1.82, 2.24) is 10.3 Å². The second kappa shape index (κ2) is 5.37. The Morgan fingerprint density at radius 1 is 1.65 bits per heavy atom. The van der Waals surface area contributed by atoms with Crippen LogP contribution in [0.5, 0.6) is 0 Å². The number of nitrogens with zero attached hydrogens (tertiary/aromatic N) is 1. The van der Waals surface area contributed by atoms with Gasteiger partial charge in [-0.2, -0.15) is 11.8 Å². The van der Waals surface area contributed by atoms with Gasteiger partial charge in [-0.05, 0) is 18.4 Å². The van der Waals surface area contributed by atoms with Gasteiger partial charge in [0, 0.05) is 23.9 Å². The maximum absolute atomic E-state index is 11.9. The van der Waals surface area contributed by atoms with Gasteiger partial charge in [-0.1, -0.05) is 0 Å². The van der Waals surface area contributed by atoms with Gasteiger partial charge in [-0.15, -0.1) is 11.3 Å². The van der Waals surface area contributed by atoms with E-state index in [2.05, 4.69) is 10.3 Å². The zero-order valence-electron chi connectivity index (χ0n) is 9.40. The van der Waals surface area contributed by atoms with Crippen molar-refractivity contribution in [1.29, 1.82) is 0 Å². The van der Waals surface area contributed by atoms with Gasteiger partial charge in [-0.25, -0.2) is 4.98 Å². The third-order valence-corrected chi connectivity index (χ3v) is 4.04. The van der Waals surface area contributed by atoms with E-state index in [1.165, 1.54) is 11.3 Å². The fraction of sp³-hybridized carbons (Fsp3) is 0.273. The number of carbonyl (C=O) groups excluding carboxylic acids is 1. The number of nitrogens with two attached hydrogens (primary N) is 1. The minimum atomic E-state index is -0.112. The van der Waals surface area contributed by atoms with Crippen LogP contribution in [0.3, 0.4) is 0 Å². The molecule has 0 fully saturated rings. The number of thiophene rings is 1. The van der Waals surface area contributed by atoms with Crippen molar-refractivity contribution in [3.8, 4) is 0 Å². The van der Waals surface area contributed by atoms with Crippen LogP contribution in [-0.2, 0) is 0 Å². The average Bonchev–Trinajstić information content (AvgIpc) is 2.68. The van der Waals surface area contributed by atoms with Crippen LogP contribution in [0.2, 0.25) is 0 Å². The van der Waals surface area contributed by atoms with E-state index in [9.17, 15) is 4.79 Å². The van der Waals surface area contributed by atoms with Crippen LogP contribution in [0.4, 0.5) is 5.69 Å². The summed E-state index contributed by atoms with van der Waals surface area (Å²) < 4.78 is 0. The van der Waals surface area contributed by atoms with Gasteiger partial charge in [0.05, 0.1) is 5.69 Å². The number of nitrogen functional groups attached to an aromatic ring is 1. The number of pyridine rings is 1. The number of rotatable bonds is 4. The quantitative estimate of drug-likeness (QED) is 0.831. The number of carbonyl (C=O) groups is 1. The minimum absolute atomic E-state index is 0.112. The molecule has 0 saturated carbocycles. The molecule has 0 saturated heterocycles. The van der Waals surface area contributed by atoms with E-state index in [0.29, 0.717) is 17.1 Å². The Morgan fingerprint density at radius 2 is 2.47 bits per heavy atom. The molecule has 4 nitrogen and oxygen atoms in total. The molecule has 1 amide bonds. The van der Waals surface area contributed by atoms with Gasteiger partial charge in [-0.3, -0.25) is 4.79 Å². The summed E-state index contributed by atoms with van der Waals surface area (Å²) in [5.74, 6) is 0.786. The summed E-state index contributed by atoms with van der Waals surface area (Å²) in [6, 6.07) is 3.70. The molecule has 0 spiro atoms. The SMILES string of the molecule is CSCCNC(=O)c1sc2ncccc2c1N. The second-order valence-corrected chi connectivity index (χ2v) is 5.43. The molecule has 0 aliphatic heterocycles. The highest BCUT2D eigenvalue weighted by Crippen LogP contribution is 2.31. The molecule has 2 aromatic heterocycles. The minimum Gasteiger partial charge on any atom is -0.397 e. The molecule has 0 aromatic carbocycles. The van der Waals surface area contributed by atoms with E-state index in [0.717, 1.165) is 16.0 Å². The molecule has 17 heavy (non-hydrogen) atoms. The average molecular weight is 267 g/mol.